The van der Waals surface area contributed by atoms with E-state index < -0.39 is 5.97 Å². The first-order chi connectivity index (χ1) is 13.1. The molecule has 1 aromatic heterocycles. The minimum Gasteiger partial charge on any atom is -0.481 e. The Balaban J connectivity index is 0.000000249. The SMILES string of the molecule is C/C=C\CCCC(=O)O.O=C1CCCC1/C=C/Cc1nc2ccccc2s1. The van der Waals surface area contributed by atoms with Gasteiger partial charge in [0.1, 0.15) is 5.78 Å². The van der Waals surface area contributed by atoms with Gasteiger partial charge in [-0.05, 0) is 44.7 Å². The lowest BCUT2D eigenvalue weighted by Gasteiger charge is -1.97. The number of aromatic nitrogens is 1. The second kappa shape index (κ2) is 11.4. The normalized spacial score (nSPS) is 16.9. The number of benzene rings is 1. The van der Waals surface area contributed by atoms with Crippen LogP contribution in [0, 0.1) is 5.92 Å². The number of carbonyl (C=O) groups excluding carboxylic acids is 1. The molecule has 1 N–H and O–H groups in total. The van der Waals surface area contributed by atoms with Gasteiger partial charge in [0.15, 0.2) is 0 Å². The van der Waals surface area contributed by atoms with Crippen LogP contribution in [0.3, 0.4) is 0 Å². The number of ketones is 1. The zero-order valence-electron chi connectivity index (χ0n) is 15.8. The third-order valence-corrected chi connectivity index (χ3v) is 5.41. The number of fused-ring (bicyclic) bond motifs is 1. The monoisotopic (exact) mass is 385 g/mol. The Hall–Kier alpha value is -2.27. The first-order valence-electron chi connectivity index (χ1n) is 9.47. The van der Waals surface area contributed by atoms with Crippen molar-refractivity contribution in [1.29, 1.82) is 0 Å². The van der Waals surface area contributed by atoms with Crippen LogP contribution < -0.4 is 0 Å². The van der Waals surface area contributed by atoms with E-state index >= 15 is 0 Å². The van der Waals surface area contributed by atoms with Crippen LogP contribution in [0.5, 0.6) is 0 Å². The van der Waals surface area contributed by atoms with E-state index in [0.717, 1.165) is 49.0 Å². The van der Waals surface area contributed by atoms with Crippen molar-refractivity contribution in [3.63, 3.8) is 0 Å². The highest BCUT2D eigenvalue weighted by Crippen LogP contribution is 2.24. The second-order valence-corrected chi connectivity index (χ2v) is 7.64. The molecule has 0 spiro atoms. The predicted octanol–water partition coefficient (Wildman–Crippen LogP) is 5.58. The van der Waals surface area contributed by atoms with Crippen molar-refractivity contribution in [1.82, 2.24) is 4.98 Å². The number of allylic oxidation sites excluding steroid dienone is 4. The molecule has 144 valence electrons. The molecule has 0 amide bonds. The fourth-order valence-corrected chi connectivity index (χ4v) is 3.87. The summed E-state index contributed by atoms with van der Waals surface area (Å²) in [7, 11) is 0. The van der Waals surface area contributed by atoms with Gasteiger partial charge >= 0.3 is 5.97 Å². The molecular weight excluding hydrogens is 358 g/mol. The van der Waals surface area contributed by atoms with E-state index in [2.05, 4.69) is 23.2 Å². The fourth-order valence-electron chi connectivity index (χ4n) is 2.92. The van der Waals surface area contributed by atoms with Crippen LogP contribution in [0.15, 0.2) is 48.6 Å². The second-order valence-electron chi connectivity index (χ2n) is 6.53. The maximum atomic E-state index is 11.5. The summed E-state index contributed by atoms with van der Waals surface area (Å²) in [5.41, 5.74) is 1.07. The van der Waals surface area contributed by atoms with Crippen LogP contribution in [-0.2, 0) is 16.0 Å². The molecular formula is C22H27NO3S. The molecule has 2 aromatic rings. The van der Waals surface area contributed by atoms with Crippen LogP contribution in [0.25, 0.3) is 10.2 Å². The van der Waals surface area contributed by atoms with E-state index in [9.17, 15) is 9.59 Å². The minimum atomic E-state index is -0.709. The molecule has 3 rings (SSSR count). The van der Waals surface area contributed by atoms with Gasteiger partial charge in [-0.1, -0.05) is 36.4 Å². The molecule has 27 heavy (non-hydrogen) atoms. The molecule has 1 saturated carbocycles. The molecule has 1 aliphatic rings. The summed E-state index contributed by atoms with van der Waals surface area (Å²) in [4.78, 5) is 26.0. The molecule has 0 radical (unpaired) electrons. The first kappa shape index (κ1) is 21.0. The highest BCUT2D eigenvalue weighted by atomic mass is 32.1. The van der Waals surface area contributed by atoms with Crippen molar-refractivity contribution < 1.29 is 14.7 Å². The van der Waals surface area contributed by atoms with Crippen molar-refractivity contribution >= 4 is 33.3 Å². The summed E-state index contributed by atoms with van der Waals surface area (Å²) in [5.74, 6) is -0.144. The maximum Gasteiger partial charge on any atom is 0.303 e. The minimum absolute atomic E-state index is 0.166. The third-order valence-electron chi connectivity index (χ3n) is 4.35. The number of hydrogen-bond acceptors (Lipinski definition) is 4. The van der Waals surface area contributed by atoms with Crippen LogP contribution >= 0.6 is 11.3 Å². The quantitative estimate of drug-likeness (QED) is 0.499. The summed E-state index contributed by atoms with van der Waals surface area (Å²) in [5, 5.41) is 9.31. The maximum absolute atomic E-state index is 11.5. The van der Waals surface area contributed by atoms with Gasteiger partial charge in [-0.2, -0.15) is 0 Å². The van der Waals surface area contributed by atoms with Crippen LogP contribution in [-0.4, -0.2) is 21.8 Å². The van der Waals surface area contributed by atoms with E-state index in [-0.39, 0.29) is 12.3 Å². The number of rotatable bonds is 7. The summed E-state index contributed by atoms with van der Waals surface area (Å²) in [6.07, 6.45) is 13.7. The molecule has 4 nitrogen and oxygen atoms in total. The lowest BCUT2D eigenvalue weighted by atomic mass is 10.1. The predicted molar refractivity (Wildman–Crippen MR) is 111 cm³/mol. The zero-order valence-corrected chi connectivity index (χ0v) is 16.6. The van der Waals surface area contributed by atoms with Crippen LogP contribution in [0.2, 0.25) is 0 Å². The summed E-state index contributed by atoms with van der Waals surface area (Å²) >= 11 is 1.73. The fraction of sp³-hybridized carbons (Fsp3) is 0.409. The third kappa shape index (κ3) is 7.47. The van der Waals surface area contributed by atoms with E-state index in [0.29, 0.717) is 5.78 Å². The van der Waals surface area contributed by atoms with E-state index in [4.69, 9.17) is 5.11 Å². The number of hydrogen-bond donors (Lipinski definition) is 1. The number of carbonyl (C=O) groups is 2. The molecule has 1 unspecified atom stereocenters. The van der Waals surface area contributed by atoms with Crippen LogP contribution in [0.1, 0.15) is 50.5 Å². The van der Waals surface area contributed by atoms with Crippen molar-refractivity contribution in [2.45, 2.75) is 51.9 Å². The van der Waals surface area contributed by atoms with Gasteiger partial charge < -0.3 is 5.11 Å². The zero-order chi connectivity index (χ0) is 19.5. The Labute approximate surface area is 164 Å². The van der Waals surface area contributed by atoms with Gasteiger partial charge in [-0.25, -0.2) is 4.98 Å². The average Bonchev–Trinajstić information content (AvgIpc) is 3.25. The highest BCUT2D eigenvalue weighted by Gasteiger charge is 2.21. The largest absolute Gasteiger partial charge is 0.481 e. The lowest BCUT2D eigenvalue weighted by molar-refractivity contribution is -0.137. The van der Waals surface area contributed by atoms with E-state index in [1.54, 1.807) is 11.3 Å². The first-order valence-corrected chi connectivity index (χ1v) is 10.3. The highest BCUT2D eigenvalue weighted by molar-refractivity contribution is 7.18. The molecule has 1 heterocycles. The number of para-hydroxylation sites is 1. The molecule has 1 fully saturated rings. The number of nitrogens with zero attached hydrogens (tertiary/aromatic N) is 1. The van der Waals surface area contributed by atoms with Gasteiger partial charge in [0, 0.05) is 25.2 Å². The Morgan fingerprint density at radius 3 is 2.81 bits per heavy atom. The average molecular weight is 386 g/mol. The van der Waals surface area contributed by atoms with Gasteiger partial charge in [0.2, 0.25) is 0 Å². The van der Waals surface area contributed by atoms with Crippen molar-refractivity contribution in [3.8, 4) is 0 Å². The molecule has 0 bridgehead atoms. The smallest absolute Gasteiger partial charge is 0.303 e. The molecule has 1 aliphatic carbocycles. The number of carboxylic acid groups (broad SMARTS) is 1. The number of carboxylic acids is 1. The van der Waals surface area contributed by atoms with Crippen LogP contribution in [0.4, 0.5) is 0 Å². The topological polar surface area (TPSA) is 67.3 Å². The number of thiazole rings is 1. The van der Waals surface area contributed by atoms with Crippen molar-refractivity contribution in [3.05, 3.63) is 53.6 Å². The molecule has 1 atom stereocenters. The molecule has 5 heteroatoms. The Kier molecular flexibility index (Phi) is 8.92. The molecule has 0 saturated heterocycles. The van der Waals surface area contributed by atoms with E-state index in [1.807, 2.05) is 37.3 Å². The van der Waals surface area contributed by atoms with Crippen molar-refractivity contribution in [2.75, 3.05) is 0 Å². The standard InChI is InChI=1S/C15H15NOS.C7H12O2/c17-13-8-3-5-11(13)6-4-10-15-16-12-7-1-2-9-14(12)18-15;1-2-3-4-5-6-7(8)9/h1-2,4,6-7,9,11H,3,5,8,10H2;2-3H,4-6H2,1H3,(H,8,9)/b6-4+;3-2-. The number of unbranched alkanes of at least 4 members (excludes halogenated alkanes) is 1. The Bertz CT molecular complexity index is 774. The van der Waals surface area contributed by atoms with Crippen molar-refractivity contribution in [2.24, 2.45) is 5.92 Å². The Morgan fingerprint density at radius 2 is 2.15 bits per heavy atom. The molecule has 0 aliphatic heterocycles. The number of aliphatic carboxylic acids is 1. The van der Waals surface area contributed by atoms with Gasteiger partial charge in [0.25, 0.3) is 0 Å². The summed E-state index contributed by atoms with van der Waals surface area (Å²) in [6, 6.07) is 8.19. The molecule has 1 aromatic carbocycles. The van der Waals surface area contributed by atoms with Gasteiger partial charge in [0.05, 0.1) is 15.2 Å². The van der Waals surface area contributed by atoms with Gasteiger partial charge in [-0.15, -0.1) is 11.3 Å². The van der Waals surface area contributed by atoms with Gasteiger partial charge in [-0.3, -0.25) is 9.59 Å². The van der Waals surface area contributed by atoms with E-state index in [1.165, 1.54) is 4.70 Å². The Morgan fingerprint density at radius 1 is 1.33 bits per heavy atom. The summed E-state index contributed by atoms with van der Waals surface area (Å²) in [6.45, 7) is 1.93. The number of Topliss-reactive ketones (excluding diaryl/α,β-unsaturated/α-hetero) is 1. The lowest BCUT2D eigenvalue weighted by Crippen LogP contribution is -2.01. The summed E-state index contributed by atoms with van der Waals surface area (Å²) < 4.78 is 1.23.